The van der Waals surface area contributed by atoms with Gasteiger partial charge < -0.3 is 10.0 Å². The van der Waals surface area contributed by atoms with E-state index in [0.29, 0.717) is 6.54 Å². The standard InChI is InChI=1S/C13H14F3N3O2/c14-13(15,16)9-2-5-17-11(18-9)19-6-8(10(20)21)12(7-19)3-1-4-12/h2,5,8H,1,3-4,6-7H2,(H,20,21). The van der Waals surface area contributed by atoms with Crippen LogP contribution in [0, 0.1) is 11.3 Å². The Morgan fingerprint density at radius 2 is 2.14 bits per heavy atom. The van der Waals surface area contributed by atoms with E-state index in [1.807, 2.05) is 0 Å². The van der Waals surface area contributed by atoms with E-state index in [1.54, 1.807) is 4.90 Å². The fourth-order valence-corrected chi connectivity index (χ4v) is 3.26. The van der Waals surface area contributed by atoms with Crippen molar-refractivity contribution < 1.29 is 23.1 Å². The number of nitrogens with zero attached hydrogens (tertiary/aromatic N) is 3. The first-order valence-electron chi connectivity index (χ1n) is 6.70. The predicted molar refractivity (Wildman–Crippen MR) is 66.7 cm³/mol. The first-order valence-corrected chi connectivity index (χ1v) is 6.70. The van der Waals surface area contributed by atoms with Crippen molar-refractivity contribution in [1.82, 2.24) is 9.97 Å². The summed E-state index contributed by atoms with van der Waals surface area (Å²) in [6, 6.07) is 0.813. The lowest BCUT2D eigenvalue weighted by Gasteiger charge is -2.40. The van der Waals surface area contributed by atoms with E-state index >= 15 is 0 Å². The number of anilines is 1. The number of hydrogen-bond acceptors (Lipinski definition) is 4. The molecule has 1 saturated heterocycles. The maximum absolute atomic E-state index is 12.7. The normalized spacial score (nSPS) is 24.1. The van der Waals surface area contributed by atoms with E-state index in [9.17, 15) is 23.1 Å². The molecule has 0 radical (unpaired) electrons. The Morgan fingerprint density at radius 1 is 1.43 bits per heavy atom. The van der Waals surface area contributed by atoms with E-state index < -0.39 is 23.8 Å². The highest BCUT2D eigenvalue weighted by Crippen LogP contribution is 2.52. The van der Waals surface area contributed by atoms with Crippen molar-refractivity contribution in [2.24, 2.45) is 11.3 Å². The van der Waals surface area contributed by atoms with Crippen molar-refractivity contribution in [3.63, 3.8) is 0 Å². The fourth-order valence-electron chi connectivity index (χ4n) is 3.26. The van der Waals surface area contributed by atoms with E-state index in [-0.39, 0.29) is 17.9 Å². The zero-order valence-electron chi connectivity index (χ0n) is 11.1. The van der Waals surface area contributed by atoms with Crippen LogP contribution in [0.15, 0.2) is 12.3 Å². The Labute approximate surface area is 118 Å². The summed E-state index contributed by atoms with van der Waals surface area (Å²) in [4.78, 5) is 20.3. The molecule has 1 aromatic rings. The molecule has 1 aliphatic carbocycles. The molecule has 114 valence electrons. The van der Waals surface area contributed by atoms with Crippen LogP contribution in [0.2, 0.25) is 0 Å². The quantitative estimate of drug-likeness (QED) is 0.907. The van der Waals surface area contributed by atoms with E-state index in [0.717, 1.165) is 31.5 Å². The number of aromatic nitrogens is 2. The molecular formula is C13H14F3N3O2. The second-order valence-electron chi connectivity index (χ2n) is 5.73. The third-order valence-electron chi connectivity index (χ3n) is 4.51. The van der Waals surface area contributed by atoms with Gasteiger partial charge in [0.15, 0.2) is 0 Å². The lowest BCUT2D eigenvalue weighted by atomic mass is 9.63. The van der Waals surface area contributed by atoms with Crippen molar-refractivity contribution >= 4 is 11.9 Å². The van der Waals surface area contributed by atoms with Gasteiger partial charge in [-0.3, -0.25) is 4.79 Å². The van der Waals surface area contributed by atoms with Crippen LogP contribution >= 0.6 is 0 Å². The maximum atomic E-state index is 12.7. The minimum absolute atomic E-state index is 0.0418. The van der Waals surface area contributed by atoms with Crippen molar-refractivity contribution in [2.45, 2.75) is 25.4 Å². The van der Waals surface area contributed by atoms with Crippen LogP contribution in [0.5, 0.6) is 0 Å². The molecule has 2 fully saturated rings. The molecular weight excluding hydrogens is 287 g/mol. The summed E-state index contributed by atoms with van der Waals surface area (Å²) in [7, 11) is 0. The number of carboxylic acids is 1. The molecule has 0 amide bonds. The lowest BCUT2D eigenvalue weighted by molar-refractivity contribution is -0.146. The zero-order chi connectivity index (χ0) is 15.3. The second kappa shape index (κ2) is 4.57. The molecule has 3 rings (SSSR count). The summed E-state index contributed by atoms with van der Waals surface area (Å²) in [5, 5.41) is 9.31. The first-order chi connectivity index (χ1) is 9.82. The van der Waals surface area contributed by atoms with Gasteiger partial charge in [-0.2, -0.15) is 13.2 Å². The van der Waals surface area contributed by atoms with Gasteiger partial charge >= 0.3 is 12.1 Å². The van der Waals surface area contributed by atoms with Gasteiger partial charge in [0.2, 0.25) is 5.95 Å². The Morgan fingerprint density at radius 3 is 2.62 bits per heavy atom. The number of carbonyl (C=O) groups is 1. The highest BCUT2D eigenvalue weighted by Gasteiger charge is 2.54. The summed E-state index contributed by atoms with van der Waals surface area (Å²) < 4.78 is 38.1. The molecule has 2 aliphatic rings. The number of alkyl halides is 3. The van der Waals surface area contributed by atoms with Crippen LogP contribution in [-0.2, 0) is 11.0 Å². The minimum Gasteiger partial charge on any atom is -0.481 e. The Bertz CT molecular complexity index is 572. The zero-order valence-corrected chi connectivity index (χ0v) is 11.1. The first kappa shape index (κ1) is 14.1. The van der Waals surface area contributed by atoms with Crippen LogP contribution < -0.4 is 4.90 Å². The third-order valence-corrected chi connectivity index (χ3v) is 4.51. The second-order valence-corrected chi connectivity index (χ2v) is 5.73. The molecule has 8 heteroatoms. The van der Waals surface area contributed by atoms with E-state index in [1.165, 1.54) is 0 Å². The number of halogens is 3. The van der Waals surface area contributed by atoms with Crippen molar-refractivity contribution in [3.05, 3.63) is 18.0 Å². The average Bonchev–Trinajstić information content (AvgIpc) is 2.78. The van der Waals surface area contributed by atoms with Gasteiger partial charge in [-0.25, -0.2) is 9.97 Å². The molecule has 5 nitrogen and oxygen atoms in total. The monoisotopic (exact) mass is 301 g/mol. The summed E-state index contributed by atoms with van der Waals surface area (Å²) >= 11 is 0. The average molecular weight is 301 g/mol. The van der Waals surface area contributed by atoms with Gasteiger partial charge in [0.05, 0.1) is 5.92 Å². The highest BCUT2D eigenvalue weighted by molar-refractivity contribution is 5.73. The van der Waals surface area contributed by atoms with Crippen molar-refractivity contribution in [3.8, 4) is 0 Å². The topological polar surface area (TPSA) is 66.3 Å². The Kier molecular flexibility index (Phi) is 3.07. The van der Waals surface area contributed by atoms with Gasteiger partial charge in [-0.05, 0) is 18.9 Å². The molecule has 0 aromatic carbocycles. The molecule has 1 aliphatic heterocycles. The molecule has 1 N–H and O–H groups in total. The minimum atomic E-state index is -4.53. The van der Waals surface area contributed by atoms with Crippen LogP contribution in [0.3, 0.4) is 0 Å². The number of hydrogen-bond donors (Lipinski definition) is 1. The summed E-state index contributed by atoms with van der Waals surface area (Å²) in [6.07, 6.45) is -0.926. The number of rotatable bonds is 2. The van der Waals surface area contributed by atoms with Crippen LogP contribution in [0.4, 0.5) is 19.1 Å². The summed E-state index contributed by atoms with van der Waals surface area (Å²) in [5.41, 5.74) is -1.34. The Balaban J connectivity index is 1.87. The molecule has 1 saturated carbocycles. The van der Waals surface area contributed by atoms with Gasteiger partial charge in [0.1, 0.15) is 5.69 Å². The number of carboxylic acid groups (broad SMARTS) is 1. The van der Waals surface area contributed by atoms with Gasteiger partial charge in [0.25, 0.3) is 0 Å². The maximum Gasteiger partial charge on any atom is 0.433 e. The molecule has 2 heterocycles. The van der Waals surface area contributed by atoms with Crippen LogP contribution in [0.1, 0.15) is 25.0 Å². The van der Waals surface area contributed by atoms with E-state index in [2.05, 4.69) is 9.97 Å². The molecule has 1 aromatic heterocycles. The highest BCUT2D eigenvalue weighted by atomic mass is 19.4. The summed E-state index contributed by atoms with van der Waals surface area (Å²) in [5.74, 6) is -1.51. The summed E-state index contributed by atoms with van der Waals surface area (Å²) in [6.45, 7) is 0.571. The number of aliphatic carboxylic acids is 1. The van der Waals surface area contributed by atoms with Crippen molar-refractivity contribution in [1.29, 1.82) is 0 Å². The van der Waals surface area contributed by atoms with Crippen molar-refractivity contribution in [2.75, 3.05) is 18.0 Å². The molecule has 1 atom stereocenters. The predicted octanol–water partition coefficient (Wildman–Crippen LogP) is 2.19. The van der Waals surface area contributed by atoms with E-state index in [4.69, 9.17) is 0 Å². The van der Waals surface area contributed by atoms with Crippen LogP contribution in [0.25, 0.3) is 0 Å². The molecule has 1 spiro atoms. The largest absolute Gasteiger partial charge is 0.481 e. The van der Waals surface area contributed by atoms with Crippen LogP contribution in [-0.4, -0.2) is 34.1 Å². The molecule has 21 heavy (non-hydrogen) atoms. The third kappa shape index (κ3) is 2.32. The van der Waals surface area contributed by atoms with Gasteiger partial charge in [0, 0.05) is 24.7 Å². The smallest absolute Gasteiger partial charge is 0.433 e. The SMILES string of the molecule is O=C(O)C1CN(c2nccc(C(F)(F)F)n2)CC12CCC2. The van der Waals surface area contributed by atoms with Gasteiger partial charge in [-0.1, -0.05) is 6.42 Å². The lowest BCUT2D eigenvalue weighted by Crippen LogP contribution is -2.40. The Hall–Kier alpha value is -1.86. The van der Waals surface area contributed by atoms with Gasteiger partial charge in [-0.15, -0.1) is 0 Å². The fraction of sp³-hybridized carbons (Fsp3) is 0.615. The molecule has 1 unspecified atom stereocenters. The molecule has 0 bridgehead atoms.